The van der Waals surface area contributed by atoms with E-state index in [0.29, 0.717) is 32.8 Å². The second-order valence-electron chi connectivity index (χ2n) is 6.01. The van der Waals surface area contributed by atoms with E-state index in [9.17, 15) is 4.79 Å². The van der Waals surface area contributed by atoms with E-state index in [1.54, 1.807) is 0 Å². The third-order valence-corrected chi connectivity index (χ3v) is 3.99. The van der Waals surface area contributed by atoms with Crippen LogP contribution in [0.4, 0.5) is 0 Å². The topological polar surface area (TPSA) is 61.8 Å². The summed E-state index contributed by atoms with van der Waals surface area (Å²) in [6.07, 6.45) is 0. The van der Waals surface area contributed by atoms with Crippen LogP contribution in [0.25, 0.3) is 0 Å². The minimum Gasteiger partial charge on any atom is -0.392 e. The van der Waals surface area contributed by atoms with Gasteiger partial charge in [-0.2, -0.15) is 0 Å². The molecule has 1 unspecified atom stereocenters. The van der Waals surface area contributed by atoms with Crippen molar-refractivity contribution < 1.29 is 14.6 Å². The van der Waals surface area contributed by atoms with Gasteiger partial charge in [0.1, 0.15) is 0 Å². The van der Waals surface area contributed by atoms with Crippen LogP contribution in [0.5, 0.6) is 0 Å². The highest BCUT2D eigenvalue weighted by atomic mass is 16.5. The van der Waals surface area contributed by atoms with E-state index in [0.717, 1.165) is 11.1 Å². The van der Waals surface area contributed by atoms with E-state index in [4.69, 9.17) is 9.84 Å². The van der Waals surface area contributed by atoms with Crippen molar-refractivity contribution in [1.29, 1.82) is 0 Å². The highest BCUT2D eigenvalue weighted by molar-refractivity contribution is 5.82. The Bertz CT molecular complexity index is 467. The number of morpholine rings is 1. The molecule has 122 valence electrons. The fourth-order valence-electron chi connectivity index (χ4n) is 2.58. The molecule has 1 aliphatic heterocycles. The van der Waals surface area contributed by atoms with Crippen molar-refractivity contribution in [1.82, 2.24) is 10.2 Å². The van der Waals surface area contributed by atoms with E-state index in [1.807, 2.05) is 29.2 Å². The summed E-state index contributed by atoms with van der Waals surface area (Å²) in [6.45, 7) is 7.42. The van der Waals surface area contributed by atoms with Gasteiger partial charge in [-0.15, -0.1) is 0 Å². The first kappa shape index (κ1) is 16.9. The van der Waals surface area contributed by atoms with Crippen molar-refractivity contribution in [2.75, 3.05) is 26.3 Å². The van der Waals surface area contributed by atoms with Gasteiger partial charge in [-0.1, -0.05) is 38.1 Å². The summed E-state index contributed by atoms with van der Waals surface area (Å²) in [4.78, 5) is 14.5. The first-order chi connectivity index (χ1) is 10.6. The van der Waals surface area contributed by atoms with Crippen molar-refractivity contribution in [2.24, 2.45) is 5.92 Å². The van der Waals surface area contributed by atoms with E-state index in [1.165, 1.54) is 0 Å². The quantitative estimate of drug-likeness (QED) is 0.828. The number of benzene rings is 1. The lowest BCUT2D eigenvalue weighted by Crippen LogP contribution is -2.52. The SMILES string of the molecule is CC(C)C(NCc1ccc(CO)cc1)C(=O)N1CCOCC1. The third kappa shape index (κ3) is 4.53. The smallest absolute Gasteiger partial charge is 0.240 e. The maximum atomic E-state index is 12.6. The normalized spacial score (nSPS) is 16.8. The lowest BCUT2D eigenvalue weighted by atomic mass is 10.0. The van der Waals surface area contributed by atoms with Gasteiger partial charge in [-0.3, -0.25) is 4.79 Å². The zero-order chi connectivity index (χ0) is 15.9. The number of hydrogen-bond acceptors (Lipinski definition) is 4. The molecule has 1 fully saturated rings. The van der Waals surface area contributed by atoms with Crippen molar-refractivity contribution in [3.63, 3.8) is 0 Å². The monoisotopic (exact) mass is 306 g/mol. The van der Waals surface area contributed by atoms with Gasteiger partial charge in [0.05, 0.1) is 25.9 Å². The maximum absolute atomic E-state index is 12.6. The number of aliphatic hydroxyl groups excluding tert-OH is 1. The van der Waals surface area contributed by atoms with E-state index >= 15 is 0 Å². The number of nitrogens with zero attached hydrogens (tertiary/aromatic N) is 1. The zero-order valence-corrected chi connectivity index (χ0v) is 13.4. The van der Waals surface area contributed by atoms with Crippen LogP contribution in [0, 0.1) is 5.92 Å². The number of aliphatic hydroxyl groups is 1. The summed E-state index contributed by atoms with van der Waals surface area (Å²) in [7, 11) is 0. The first-order valence-electron chi connectivity index (χ1n) is 7.90. The molecule has 0 radical (unpaired) electrons. The molecule has 1 aromatic rings. The lowest BCUT2D eigenvalue weighted by molar-refractivity contribution is -0.138. The molecule has 5 nitrogen and oxygen atoms in total. The highest BCUT2D eigenvalue weighted by Gasteiger charge is 2.27. The predicted octanol–water partition coefficient (Wildman–Crippen LogP) is 1.15. The molecule has 2 N–H and O–H groups in total. The Morgan fingerprint density at radius 1 is 1.23 bits per heavy atom. The Balaban J connectivity index is 1.94. The molecule has 1 heterocycles. The van der Waals surface area contributed by atoms with Crippen molar-refractivity contribution >= 4 is 5.91 Å². The zero-order valence-electron chi connectivity index (χ0n) is 13.4. The molecule has 2 rings (SSSR count). The van der Waals surface area contributed by atoms with Gasteiger partial charge in [-0.25, -0.2) is 0 Å². The number of amides is 1. The molecule has 0 aliphatic carbocycles. The Morgan fingerprint density at radius 3 is 2.36 bits per heavy atom. The second kappa shape index (κ2) is 8.27. The third-order valence-electron chi connectivity index (χ3n) is 3.99. The number of carbonyl (C=O) groups is 1. The number of carbonyl (C=O) groups excluding carboxylic acids is 1. The van der Waals surface area contributed by atoms with Crippen LogP contribution in [0.1, 0.15) is 25.0 Å². The fourth-order valence-corrected chi connectivity index (χ4v) is 2.58. The van der Waals surface area contributed by atoms with Crippen LogP contribution in [-0.2, 0) is 22.7 Å². The molecule has 0 saturated carbocycles. The van der Waals surface area contributed by atoms with Gasteiger partial charge in [0, 0.05) is 19.6 Å². The first-order valence-corrected chi connectivity index (χ1v) is 7.90. The number of ether oxygens (including phenoxy) is 1. The summed E-state index contributed by atoms with van der Waals surface area (Å²) in [5.41, 5.74) is 2.01. The molecule has 1 aromatic carbocycles. The van der Waals surface area contributed by atoms with Crippen LogP contribution in [0.15, 0.2) is 24.3 Å². The van der Waals surface area contributed by atoms with Crippen LogP contribution in [-0.4, -0.2) is 48.3 Å². The summed E-state index contributed by atoms with van der Waals surface area (Å²) in [6, 6.07) is 7.59. The number of nitrogens with one attached hydrogen (secondary N) is 1. The average molecular weight is 306 g/mol. The van der Waals surface area contributed by atoms with Gasteiger partial charge in [-0.05, 0) is 17.0 Å². The molecule has 0 aromatic heterocycles. The molecular formula is C17H26N2O3. The summed E-state index contributed by atoms with van der Waals surface area (Å²) < 4.78 is 5.31. The Morgan fingerprint density at radius 2 is 1.82 bits per heavy atom. The summed E-state index contributed by atoms with van der Waals surface area (Å²) >= 11 is 0. The van der Waals surface area contributed by atoms with Crippen LogP contribution < -0.4 is 5.32 Å². The Hall–Kier alpha value is -1.43. The predicted molar refractivity (Wildman–Crippen MR) is 85.2 cm³/mol. The Kier molecular flexibility index (Phi) is 6.36. The van der Waals surface area contributed by atoms with Gasteiger partial charge >= 0.3 is 0 Å². The van der Waals surface area contributed by atoms with Crippen LogP contribution in [0.3, 0.4) is 0 Å². The van der Waals surface area contributed by atoms with Gasteiger partial charge in [0.25, 0.3) is 0 Å². The minimum absolute atomic E-state index is 0.0534. The number of rotatable bonds is 6. The van der Waals surface area contributed by atoms with Crippen LogP contribution in [0.2, 0.25) is 0 Å². The van der Waals surface area contributed by atoms with Crippen LogP contribution >= 0.6 is 0 Å². The number of hydrogen-bond donors (Lipinski definition) is 2. The molecular weight excluding hydrogens is 280 g/mol. The molecule has 0 bridgehead atoms. The molecule has 1 saturated heterocycles. The van der Waals surface area contributed by atoms with Crippen molar-refractivity contribution in [2.45, 2.75) is 33.0 Å². The summed E-state index contributed by atoms with van der Waals surface area (Å²) in [5.74, 6) is 0.386. The van der Waals surface area contributed by atoms with E-state index < -0.39 is 0 Å². The van der Waals surface area contributed by atoms with Gasteiger partial charge < -0.3 is 20.1 Å². The van der Waals surface area contributed by atoms with E-state index in [-0.39, 0.29) is 24.5 Å². The van der Waals surface area contributed by atoms with E-state index in [2.05, 4.69) is 19.2 Å². The maximum Gasteiger partial charge on any atom is 0.240 e. The largest absolute Gasteiger partial charge is 0.392 e. The van der Waals surface area contributed by atoms with Gasteiger partial charge in [0.2, 0.25) is 5.91 Å². The lowest BCUT2D eigenvalue weighted by Gasteiger charge is -2.32. The minimum atomic E-state index is -0.185. The standard InChI is InChI=1S/C17H26N2O3/c1-13(2)16(17(21)19-7-9-22-10-8-19)18-11-14-3-5-15(12-20)6-4-14/h3-6,13,16,18,20H,7-12H2,1-2H3. The molecule has 1 amide bonds. The average Bonchev–Trinajstić information content (AvgIpc) is 2.56. The fraction of sp³-hybridized carbons (Fsp3) is 0.588. The van der Waals surface area contributed by atoms with Crippen molar-refractivity contribution in [3.05, 3.63) is 35.4 Å². The molecule has 1 aliphatic rings. The summed E-state index contributed by atoms with van der Waals surface area (Å²) in [5, 5.41) is 12.4. The van der Waals surface area contributed by atoms with Crippen molar-refractivity contribution in [3.8, 4) is 0 Å². The van der Waals surface area contributed by atoms with Gasteiger partial charge in [0.15, 0.2) is 0 Å². The Labute approximate surface area is 132 Å². The molecule has 22 heavy (non-hydrogen) atoms. The second-order valence-corrected chi connectivity index (χ2v) is 6.01. The molecule has 1 atom stereocenters. The highest BCUT2D eigenvalue weighted by Crippen LogP contribution is 2.10. The molecule has 0 spiro atoms. The molecule has 5 heteroatoms.